The summed E-state index contributed by atoms with van der Waals surface area (Å²) in [5, 5.41) is 4.75. The molecule has 1 aliphatic rings. The van der Waals surface area contributed by atoms with Crippen LogP contribution in [0.4, 0.5) is 5.82 Å². The predicted octanol–water partition coefficient (Wildman–Crippen LogP) is 2.15. The van der Waals surface area contributed by atoms with E-state index in [0.717, 1.165) is 48.5 Å². The zero-order valence-electron chi connectivity index (χ0n) is 12.4. The number of rotatable bonds is 2. The van der Waals surface area contributed by atoms with Gasteiger partial charge in [-0.3, -0.25) is 4.98 Å². The summed E-state index contributed by atoms with van der Waals surface area (Å²) in [5.41, 5.74) is 1.73. The Kier molecular flexibility index (Phi) is 3.77. The van der Waals surface area contributed by atoms with Crippen LogP contribution in [-0.4, -0.2) is 46.1 Å². The lowest BCUT2D eigenvalue weighted by Crippen LogP contribution is -2.44. The Morgan fingerprint density at radius 1 is 1.09 bits per heavy atom. The fourth-order valence-electron chi connectivity index (χ4n) is 2.74. The van der Waals surface area contributed by atoms with Gasteiger partial charge in [0.05, 0.1) is 11.7 Å². The Bertz CT molecular complexity index is 833. The summed E-state index contributed by atoms with van der Waals surface area (Å²) in [7, 11) is 0. The summed E-state index contributed by atoms with van der Waals surface area (Å²) in [6, 6.07) is 5.66. The molecular weight excluding hydrogens is 312 g/mol. The average Bonchev–Trinajstić information content (AvgIpc) is 2.62. The number of fused-ring (bicyclic) bond motifs is 1. The molecule has 0 radical (unpaired) electrons. The molecule has 116 valence electrons. The van der Waals surface area contributed by atoms with E-state index < -0.39 is 0 Å². The topological polar surface area (TPSA) is 66.8 Å². The van der Waals surface area contributed by atoms with E-state index in [0.29, 0.717) is 11.0 Å². The normalized spacial score (nSPS) is 15.1. The smallest absolute Gasteiger partial charge is 0.162 e. The van der Waals surface area contributed by atoms with Gasteiger partial charge in [0.2, 0.25) is 0 Å². The van der Waals surface area contributed by atoms with E-state index in [2.05, 4.69) is 25.2 Å². The molecule has 3 aromatic heterocycles. The molecule has 4 rings (SSSR count). The van der Waals surface area contributed by atoms with Gasteiger partial charge in [-0.05, 0) is 18.2 Å². The van der Waals surface area contributed by atoms with E-state index in [1.165, 1.54) is 0 Å². The molecule has 0 spiro atoms. The Labute approximate surface area is 138 Å². The molecule has 3 aromatic rings. The van der Waals surface area contributed by atoms with Crippen LogP contribution < -0.4 is 10.2 Å². The van der Waals surface area contributed by atoms with Crippen LogP contribution in [0.5, 0.6) is 0 Å². The van der Waals surface area contributed by atoms with Gasteiger partial charge in [0.1, 0.15) is 11.0 Å². The van der Waals surface area contributed by atoms with Crippen molar-refractivity contribution in [3.63, 3.8) is 0 Å². The van der Waals surface area contributed by atoms with Crippen molar-refractivity contribution in [3.05, 3.63) is 41.9 Å². The molecule has 1 N–H and O–H groups in total. The number of nitrogens with zero attached hydrogens (tertiary/aromatic N) is 5. The van der Waals surface area contributed by atoms with Crippen molar-refractivity contribution in [2.75, 3.05) is 31.1 Å². The molecule has 23 heavy (non-hydrogen) atoms. The number of anilines is 1. The number of hydrogen-bond acceptors (Lipinski definition) is 6. The largest absolute Gasteiger partial charge is 0.353 e. The quantitative estimate of drug-likeness (QED) is 0.728. The van der Waals surface area contributed by atoms with E-state index in [1.807, 2.05) is 18.2 Å². The Hall–Kier alpha value is -2.31. The van der Waals surface area contributed by atoms with Gasteiger partial charge in [-0.1, -0.05) is 11.6 Å². The number of hydrogen-bond donors (Lipinski definition) is 1. The van der Waals surface area contributed by atoms with Gasteiger partial charge < -0.3 is 10.2 Å². The van der Waals surface area contributed by atoms with Crippen molar-refractivity contribution in [3.8, 4) is 11.4 Å². The number of halogens is 1. The molecule has 0 saturated carbocycles. The zero-order valence-corrected chi connectivity index (χ0v) is 13.2. The first-order valence-corrected chi connectivity index (χ1v) is 7.88. The highest BCUT2D eigenvalue weighted by atomic mass is 35.5. The van der Waals surface area contributed by atoms with Crippen LogP contribution in [0.25, 0.3) is 22.3 Å². The number of pyridine rings is 2. The maximum Gasteiger partial charge on any atom is 0.162 e. The van der Waals surface area contributed by atoms with Crippen LogP contribution in [0.2, 0.25) is 5.15 Å². The van der Waals surface area contributed by atoms with Crippen LogP contribution in [0.15, 0.2) is 36.8 Å². The first-order chi connectivity index (χ1) is 11.3. The molecule has 0 aromatic carbocycles. The van der Waals surface area contributed by atoms with E-state index >= 15 is 0 Å². The Balaban J connectivity index is 1.91. The zero-order chi connectivity index (χ0) is 15.6. The van der Waals surface area contributed by atoms with E-state index in [4.69, 9.17) is 16.6 Å². The van der Waals surface area contributed by atoms with Crippen molar-refractivity contribution in [1.29, 1.82) is 0 Å². The van der Waals surface area contributed by atoms with Crippen molar-refractivity contribution >= 4 is 28.3 Å². The third-order valence-corrected chi connectivity index (χ3v) is 4.09. The lowest BCUT2D eigenvalue weighted by molar-refractivity contribution is 0.586. The van der Waals surface area contributed by atoms with Gasteiger partial charge in [-0.25, -0.2) is 15.0 Å². The molecule has 0 amide bonds. The molecule has 4 heterocycles. The molecule has 7 heteroatoms. The van der Waals surface area contributed by atoms with Crippen LogP contribution >= 0.6 is 11.6 Å². The third-order valence-electron chi connectivity index (χ3n) is 3.88. The molecular formula is C16H15ClN6. The summed E-state index contributed by atoms with van der Waals surface area (Å²) in [6.07, 6.45) is 5.19. The van der Waals surface area contributed by atoms with Crippen LogP contribution in [0.3, 0.4) is 0 Å². The van der Waals surface area contributed by atoms with Crippen LogP contribution in [0, 0.1) is 0 Å². The highest BCUT2D eigenvalue weighted by molar-refractivity contribution is 6.30. The van der Waals surface area contributed by atoms with Crippen molar-refractivity contribution in [2.45, 2.75) is 0 Å². The van der Waals surface area contributed by atoms with Gasteiger partial charge in [0.25, 0.3) is 0 Å². The highest BCUT2D eigenvalue weighted by Crippen LogP contribution is 2.28. The molecule has 6 nitrogen and oxygen atoms in total. The molecule has 1 fully saturated rings. The second-order valence-electron chi connectivity index (χ2n) is 5.37. The van der Waals surface area contributed by atoms with Gasteiger partial charge >= 0.3 is 0 Å². The predicted molar refractivity (Wildman–Crippen MR) is 90.7 cm³/mol. The summed E-state index contributed by atoms with van der Waals surface area (Å²) >= 11 is 6.08. The molecule has 0 bridgehead atoms. The maximum absolute atomic E-state index is 6.08. The SMILES string of the molecule is Clc1cc2c(N3CCNCC3)nc(-c3ccncc3)nc2cn1. The van der Waals surface area contributed by atoms with Crippen molar-refractivity contribution < 1.29 is 0 Å². The molecule has 0 aliphatic carbocycles. The average molecular weight is 327 g/mol. The van der Waals surface area contributed by atoms with Crippen LogP contribution in [0.1, 0.15) is 0 Å². The lowest BCUT2D eigenvalue weighted by atomic mass is 10.2. The van der Waals surface area contributed by atoms with E-state index in [1.54, 1.807) is 18.6 Å². The number of nitrogens with one attached hydrogen (secondary N) is 1. The fraction of sp³-hybridized carbons (Fsp3) is 0.250. The summed E-state index contributed by atoms with van der Waals surface area (Å²) in [5.74, 6) is 1.59. The summed E-state index contributed by atoms with van der Waals surface area (Å²) < 4.78 is 0. The molecule has 0 atom stereocenters. The Morgan fingerprint density at radius 2 is 1.87 bits per heavy atom. The third kappa shape index (κ3) is 2.83. The second-order valence-corrected chi connectivity index (χ2v) is 5.76. The maximum atomic E-state index is 6.08. The van der Waals surface area contributed by atoms with Gasteiger partial charge in [-0.15, -0.1) is 0 Å². The van der Waals surface area contributed by atoms with Crippen molar-refractivity contribution in [2.24, 2.45) is 0 Å². The minimum atomic E-state index is 0.453. The molecule has 1 saturated heterocycles. The first-order valence-electron chi connectivity index (χ1n) is 7.50. The number of piperazine rings is 1. The lowest BCUT2D eigenvalue weighted by Gasteiger charge is -2.29. The summed E-state index contributed by atoms with van der Waals surface area (Å²) in [6.45, 7) is 3.69. The fourth-order valence-corrected chi connectivity index (χ4v) is 2.90. The minimum absolute atomic E-state index is 0.453. The second kappa shape index (κ2) is 6.06. The number of aromatic nitrogens is 4. The monoisotopic (exact) mass is 326 g/mol. The molecule has 1 aliphatic heterocycles. The molecule has 0 unspecified atom stereocenters. The minimum Gasteiger partial charge on any atom is -0.353 e. The van der Waals surface area contributed by atoms with Crippen LogP contribution in [-0.2, 0) is 0 Å². The van der Waals surface area contributed by atoms with E-state index in [9.17, 15) is 0 Å². The first kappa shape index (κ1) is 14.3. The summed E-state index contributed by atoms with van der Waals surface area (Å²) in [4.78, 5) is 19.9. The highest BCUT2D eigenvalue weighted by Gasteiger charge is 2.18. The van der Waals surface area contributed by atoms with Gasteiger partial charge in [0, 0.05) is 49.5 Å². The standard InChI is InChI=1S/C16H15ClN6/c17-14-9-12-13(10-20-14)21-15(11-1-3-18-4-2-11)22-16(12)23-7-5-19-6-8-23/h1-4,9-10,19H,5-8H2. The van der Waals surface area contributed by atoms with Crippen molar-refractivity contribution in [1.82, 2.24) is 25.3 Å². The van der Waals surface area contributed by atoms with Gasteiger partial charge in [-0.2, -0.15) is 0 Å². The van der Waals surface area contributed by atoms with Gasteiger partial charge in [0.15, 0.2) is 5.82 Å². The Morgan fingerprint density at radius 3 is 2.65 bits per heavy atom. The van der Waals surface area contributed by atoms with E-state index in [-0.39, 0.29) is 0 Å².